The van der Waals surface area contributed by atoms with E-state index in [0.29, 0.717) is 61.6 Å². The van der Waals surface area contributed by atoms with Gasteiger partial charge in [0.25, 0.3) is 0 Å². The summed E-state index contributed by atoms with van der Waals surface area (Å²) in [5, 5.41) is 25.0. The molecule has 46 heavy (non-hydrogen) atoms. The number of phenolic OH excluding ortho intramolecular Hbond substituents is 1. The number of hydrogen-bond donors (Lipinski definition) is 4. The number of hydrogen-bond acceptors (Lipinski definition) is 11. The van der Waals surface area contributed by atoms with Crippen LogP contribution < -0.4 is 14.9 Å². The van der Waals surface area contributed by atoms with Crippen LogP contribution >= 0.6 is 22.7 Å². The van der Waals surface area contributed by atoms with Crippen molar-refractivity contribution in [1.29, 1.82) is 0 Å². The van der Waals surface area contributed by atoms with Gasteiger partial charge in [0, 0.05) is 56.3 Å². The van der Waals surface area contributed by atoms with Gasteiger partial charge in [-0.15, -0.1) is 11.3 Å². The van der Waals surface area contributed by atoms with Crippen molar-refractivity contribution >= 4 is 38.8 Å². The van der Waals surface area contributed by atoms with E-state index >= 15 is 0 Å². The summed E-state index contributed by atoms with van der Waals surface area (Å²) in [6.45, 7) is 9.93. The van der Waals surface area contributed by atoms with E-state index in [4.69, 9.17) is 9.47 Å². The number of nitrogens with zero attached hydrogens (tertiary/aromatic N) is 3. The molecule has 2 aromatic heterocycles. The van der Waals surface area contributed by atoms with Crippen molar-refractivity contribution in [3.8, 4) is 11.5 Å². The van der Waals surface area contributed by atoms with Gasteiger partial charge >= 0.3 is 4.87 Å². The number of aromatic nitrogens is 2. The van der Waals surface area contributed by atoms with E-state index in [-0.39, 0.29) is 22.1 Å². The number of phenols is 1. The van der Waals surface area contributed by atoms with Gasteiger partial charge in [0.05, 0.1) is 40.1 Å². The summed E-state index contributed by atoms with van der Waals surface area (Å²) >= 11 is 2.59. The molecule has 0 unspecified atom stereocenters. The van der Waals surface area contributed by atoms with Crippen LogP contribution in [0.15, 0.2) is 41.2 Å². The number of rotatable bonds is 11. The number of aryl methyl sites for hydroxylation is 2. The van der Waals surface area contributed by atoms with Gasteiger partial charge in [0.1, 0.15) is 23.6 Å². The highest BCUT2D eigenvalue weighted by Crippen LogP contribution is 2.32. The van der Waals surface area contributed by atoms with Crippen LogP contribution in [0.4, 0.5) is 0 Å². The van der Waals surface area contributed by atoms with Crippen molar-refractivity contribution in [3.05, 3.63) is 72.8 Å². The number of aliphatic hydroxyl groups excluding tert-OH is 1. The third-order valence-corrected chi connectivity index (χ3v) is 10.9. The fourth-order valence-corrected chi connectivity index (χ4v) is 8.14. The zero-order valence-corrected chi connectivity index (χ0v) is 27.8. The molecule has 13 heteroatoms. The van der Waals surface area contributed by atoms with Crippen molar-refractivity contribution < 1.29 is 24.5 Å². The molecule has 4 heterocycles. The number of ether oxygens (including phenoxy) is 2. The van der Waals surface area contributed by atoms with E-state index in [9.17, 15) is 19.8 Å². The van der Waals surface area contributed by atoms with Crippen LogP contribution in [-0.2, 0) is 22.5 Å². The van der Waals surface area contributed by atoms with Crippen molar-refractivity contribution in [2.75, 3.05) is 52.5 Å². The molecule has 0 radical (unpaired) electrons. The molecule has 1 spiro atoms. The van der Waals surface area contributed by atoms with Gasteiger partial charge < -0.3 is 34.9 Å². The van der Waals surface area contributed by atoms with E-state index < -0.39 is 6.10 Å². The van der Waals surface area contributed by atoms with Crippen LogP contribution in [0.2, 0.25) is 0 Å². The van der Waals surface area contributed by atoms with Crippen molar-refractivity contribution in [1.82, 2.24) is 25.1 Å². The lowest BCUT2D eigenvalue weighted by Gasteiger charge is -2.47. The third kappa shape index (κ3) is 7.62. The van der Waals surface area contributed by atoms with Gasteiger partial charge in [0.15, 0.2) is 0 Å². The van der Waals surface area contributed by atoms with Gasteiger partial charge in [-0.2, -0.15) is 0 Å². The Morgan fingerprint density at radius 3 is 2.67 bits per heavy atom. The fraction of sp³-hybridized carbons (Fsp3) is 0.485. The van der Waals surface area contributed by atoms with Crippen LogP contribution in [0.1, 0.15) is 45.7 Å². The number of thiazole rings is 2. The Morgan fingerprint density at radius 1 is 1.15 bits per heavy atom. The zero-order chi connectivity index (χ0) is 32.3. The third-order valence-electron chi connectivity index (χ3n) is 8.89. The number of amides is 1. The van der Waals surface area contributed by atoms with Crippen LogP contribution in [0.5, 0.6) is 11.5 Å². The maximum atomic E-state index is 13.1. The predicted octanol–water partition coefficient (Wildman–Crippen LogP) is 3.51. The second-order valence-electron chi connectivity index (χ2n) is 12.1. The van der Waals surface area contributed by atoms with E-state index in [1.807, 2.05) is 43.0 Å². The Kier molecular flexibility index (Phi) is 10.1. The molecule has 1 amide bonds. The number of benzene rings is 2. The smallest absolute Gasteiger partial charge is 0.305 e. The minimum absolute atomic E-state index is 0.00675. The molecule has 4 aromatic rings. The molecule has 0 aliphatic carbocycles. The number of fused-ring (bicyclic) bond motifs is 1. The van der Waals surface area contributed by atoms with E-state index in [2.05, 4.69) is 20.2 Å². The average molecular weight is 668 g/mol. The Bertz CT molecular complexity index is 1710. The largest absolute Gasteiger partial charge is 0.506 e. The molecule has 6 rings (SSSR count). The molecule has 2 aliphatic rings. The van der Waals surface area contributed by atoms with Crippen LogP contribution in [0, 0.1) is 13.8 Å². The standard InChI is InChI=1S/C33H41N5O6S2/c1-21-28(45-22(2)35-21)17-29(41)38-14-16-44-33(20-38)9-11-37(12-10-33)13-15-43-24-5-3-23(4-6-24)18-34-19-27(40)25-7-8-26(39)30-31(25)46-32(42)36-30/h3-8,27,34,39-40H,9-20H2,1-2H3,(H,36,42)/t27-/m0/s1. The molecule has 11 nitrogen and oxygen atoms in total. The molecule has 1 atom stereocenters. The first-order valence-electron chi connectivity index (χ1n) is 15.7. The van der Waals surface area contributed by atoms with Gasteiger partial charge in [-0.05, 0) is 50.5 Å². The highest BCUT2D eigenvalue weighted by atomic mass is 32.1. The number of carbonyl (C=O) groups is 1. The maximum absolute atomic E-state index is 13.1. The normalized spacial score (nSPS) is 17.5. The Hall–Kier alpha value is -3.33. The summed E-state index contributed by atoms with van der Waals surface area (Å²) in [4.78, 5) is 37.1. The van der Waals surface area contributed by atoms with Gasteiger partial charge in [-0.25, -0.2) is 4.98 Å². The van der Waals surface area contributed by atoms with E-state index in [1.165, 1.54) is 6.07 Å². The first-order chi connectivity index (χ1) is 22.2. The summed E-state index contributed by atoms with van der Waals surface area (Å²) in [5.74, 6) is 0.965. The molecular weight excluding hydrogens is 627 g/mol. The first kappa shape index (κ1) is 32.6. The number of likely N-dealkylation sites (tertiary alicyclic amines) is 1. The molecule has 0 bridgehead atoms. The summed E-state index contributed by atoms with van der Waals surface area (Å²) in [6, 6.07) is 11.0. The number of nitrogens with one attached hydrogen (secondary N) is 2. The fourth-order valence-electron chi connectivity index (χ4n) is 6.29. The molecule has 0 saturated carbocycles. The highest BCUT2D eigenvalue weighted by Gasteiger charge is 2.41. The number of morpholine rings is 1. The lowest BCUT2D eigenvalue weighted by molar-refractivity contribution is -0.159. The minimum atomic E-state index is -0.823. The minimum Gasteiger partial charge on any atom is -0.506 e. The number of H-pyrrole nitrogens is 1. The highest BCUT2D eigenvalue weighted by molar-refractivity contribution is 7.16. The number of aromatic hydroxyl groups is 1. The zero-order valence-electron chi connectivity index (χ0n) is 26.2. The number of piperidine rings is 1. The summed E-state index contributed by atoms with van der Waals surface area (Å²) in [5.41, 5.74) is 2.72. The van der Waals surface area contributed by atoms with Gasteiger partial charge in [0.2, 0.25) is 5.91 Å². The Labute approximate surface area is 275 Å². The Balaban J connectivity index is 0.902. The van der Waals surface area contributed by atoms with Crippen LogP contribution in [0.3, 0.4) is 0 Å². The number of carbonyl (C=O) groups excluding carboxylic acids is 1. The second-order valence-corrected chi connectivity index (χ2v) is 14.4. The lowest BCUT2D eigenvalue weighted by atomic mass is 9.89. The first-order valence-corrected chi connectivity index (χ1v) is 17.3. The van der Waals surface area contributed by atoms with Gasteiger partial charge in [-0.3, -0.25) is 14.5 Å². The molecule has 2 fully saturated rings. The average Bonchev–Trinajstić information content (AvgIpc) is 3.59. The van der Waals surface area contributed by atoms with Crippen molar-refractivity contribution in [2.24, 2.45) is 0 Å². The summed E-state index contributed by atoms with van der Waals surface area (Å²) in [6.07, 6.45) is 1.39. The van der Waals surface area contributed by atoms with E-state index in [0.717, 1.165) is 70.7 Å². The lowest BCUT2D eigenvalue weighted by Crippen LogP contribution is -2.58. The van der Waals surface area contributed by atoms with Crippen LogP contribution in [-0.4, -0.2) is 94.0 Å². The number of aromatic amines is 1. The quantitative estimate of drug-likeness (QED) is 0.189. The molecule has 2 aromatic carbocycles. The maximum Gasteiger partial charge on any atom is 0.305 e. The molecular formula is C33H41N5O6S2. The topological polar surface area (TPSA) is 140 Å². The SMILES string of the molecule is Cc1nc(C)c(CC(=O)N2CCOC3(CCN(CCOc4ccc(CNC[C@H](O)c5ccc(O)c6[nH]c(=O)sc56)cc4)CC3)C2)s1. The molecule has 2 aliphatic heterocycles. The molecule has 2 saturated heterocycles. The van der Waals surface area contributed by atoms with Gasteiger partial charge in [-0.1, -0.05) is 29.5 Å². The monoisotopic (exact) mass is 667 g/mol. The van der Waals surface area contributed by atoms with Crippen molar-refractivity contribution in [2.45, 2.75) is 51.4 Å². The summed E-state index contributed by atoms with van der Waals surface area (Å²) < 4.78 is 12.9. The second kappa shape index (κ2) is 14.2. The van der Waals surface area contributed by atoms with Crippen LogP contribution in [0.25, 0.3) is 10.2 Å². The van der Waals surface area contributed by atoms with Crippen molar-refractivity contribution in [3.63, 3.8) is 0 Å². The molecule has 4 N–H and O–H groups in total. The summed E-state index contributed by atoms with van der Waals surface area (Å²) in [7, 11) is 0. The predicted molar refractivity (Wildman–Crippen MR) is 179 cm³/mol. The van der Waals surface area contributed by atoms with E-state index in [1.54, 1.807) is 17.4 Å². The molecule has 246 valence electrons. The number of aliphatic hydroxyl groups is 1. The Morgan fingerprint density at radius 2 is 1.93 bits per heavy atom.